The summed E-state index contributed by atoms with van der Waals surface area (Å²) in [6.07, 6.45) is -0.226. The zero-order chi connectivity index (χ0) is 18.2. The minimum Gasteiger partial charge on any atom is -0.497 e. The number of carbonyl (C=O) groups excluding carboxylic acids is 2. The monoisotopic (exact) mass is 342 g/mol. The second kappa shape index (κ2) is 8.73. The molecule has 0 aliphatic rings. The first-order valence-electron chi connectivity index (χ1n) is 8.01. The summed E-state index contributed by atoms with van der Waals surface area (Å²) in [4.78, 5) is 24.3. The van der Waals surface area contributed by atoms with Crippen LogP contribution in [0.1, 0.15) is 29.3 Å². The Bertz CT molecular complexity index is 728. The molecule has 2 aromatic carbocycles. The Kier molecular flexibility index (Phi) is 6.39. The maximum Gasteiger partial charge on any atom is 0.279 e. The largest absolute Gasteiger partial charge is 0.497 e. The molecule has 2 aromatic rings. The molecule has 0 radical (unpaired) electrons. The SMILES string of the molecule is CCC(Oc1ccccc1C)C(=O)NNC(=O)c1ccc(OC)cc1. The fourth-order valence-electron chi connectivity index (χ4n) is 2.18. The summed E-state index contributed by atoms with van der Waals surface area (Å²) in [7, 11) is 1.55. The van der Waals surface area contributed by atoms with E-state index in [1.165, 1.54) is 0 Å². The number of aryl methyl sites for hydroxylation is 1. The van der Waals surface area contributed by atoms with Crippen LogP contribution in [0, 0.1) is 6.92 Å². The maximum atomic E-state index is 12.3. The summed E-state index contributed by atoms with van der Waals surface area (Å²) in [5.74, 6) is 0.471. The predicted octanol–water partition coefficient (Wildman–Crippen LogP) is 2.62. The molecule has 6 heteroatoms. The van der Waals surface area contributed by atoms with Crippen LogP contribution in [-0.2, 0) is 4.79 Å². The molecule has 1 atom stereocenters. The van der Waals surface area contributed by atoms with Gasteiger partial charge in [0.25, 0.3) is 11.8 Å². The second-order valence-corrected chi connectivity index (χ2v) is 5.45. The van der Waals surface area contributed by atoms with E-state index in [-0.39, 0.29) is 0 Å². The number of carbonyl (C=O) groups is 2. The molecular formula is C19H22N2O4. The van der Waals surface area contributed by atoms with Crippen LogP contribution in [0.5, 0.6) is 11.5 Å². The van der Waals surface area contributed by atoms with Gasteiger partial charge in [0.05, 0.1) is 7.11 Å². The summed E-state index contributed by atoms with van der Waals surface area (Å²) in [5.41, 5.74) is 6.15. The number of benzene rings is 2. The zero-order valence-corrected chi connectivity index (χ0v) is 14.5. The highest BCUT2D eigenvalue weighted by atomic mass is 16.5. The van der Waals surface area contributed by atoms with Gasteiger partial charge in [0.2, 0.25) is 0 Å². The summed E-state index contributed by atoms with van der Waals surface area (Å²) in [6.45, 7) is 3.75. The third kappa shape index (κ3) is 4.97. The average Bonchev–Trinajstić information content (AvgIpc) is 2.65. The number of nitrogens with one attached hydrogen (secondary N) is 2. The van der Waals surface area contributed by atoms with Crippen LogP contribution in [0.3, 0.4) is 0 Å². The molecule has 0 heterocycles. The summed E-state index contributed by atoms with van der Waals surface area (Å²) in [6, 6.07) is 14.0. The van der Waals surface area contributed by atoms with Gasteiger partial charge in [0, 0.05) is 5.56 Å². The Hall–Kier alpha value is -3.02. The molecule has 132 valence electrons. The Labute approximate surface area is 147 Å². The minimum atomic E-state index is -0.697. The summed E-state index contributed by atoms with van der Waals surface area (Å²) < 4.78 is 10.8. The van der Waals surface area contributed by atoms with Crippen LogP contribution < -0.4 is 20.3 Å². The first-order chi connectivity index (χ1) is 12.0. The van der Waals surface area contributed by atoms with Gasteiger partial charge in [-0.15, -0.1) is 0 Å². The molecule has 2 N–H and O–H groups in total. The van der Waals surface area contributed by atoms with Gasteiger partial charge in [0.15, 0.2) is 6.10 Å². The number of para-hydroxylation sites is 1. The van der Waals surface area contributed by atoms with Crippen molar-refractivity contribution in [2.24, 2.45) is 0 Å². The Morgan fingerprint density at radius 1 is 1.04 bits per heavy atom. The molecule has 0 bridgehead atoms. The van der Waals surface area contributed by atoms with Gasteiger partial charge in [0.1, 0.15) is 11.5 Å². The van der Waals surface area contributed by atoms with Crippen molar-refractivity contribution in [3.8, 4) is 11.5 Å². The van der Waals surface area contributed by atoms with Crippen molar-refractivity contribution in [3.63, 3.8) is 0 Å². The van der Waals surface area contributed by atoms with E-state index in [1.807, 2.05) is 32.0 Å². The van der Waals surface area contributed by atoms with E-state index < -0.39 is 17.9 Å². The highest BCUT2D eigenvalue weighted by Gasteiger charge is 2.19. The fraction of sp³-hybridized carbons (Fsp3) is 0.263. The molecule has 2 amide bonds. The van der Waals surface area contributed by atoms with Crippen molar-refractivity contribution in [2.45, 2.75) is 26.4 Å². The Morgan fingerprint density at radius 2 is 1.72 bits per heavy atom. The molecule has 0 saturated heterocycles. The molecule has 0 spiro atoms. The van der Waals surface area contributed by atoms with Gasteiger partial charge >= 0.3 is 0 Å². The lowest BCUT2D eigenvalue weighted by atomic mass is 10.2. The van der Waals surface area contributed by atoms with Gasteiger partial charge in [-0.3, -0.25) is 20.4 Å². The van der Waals surface area contributed by atoms with Gasteiger partial charge < -0.3 is 9.47 Å². The average molecular weight is 342 g/mol. The van der Waals surface area contributed by atoms with Crippen LogP contribution in [0.25, 0.3) is 0 Å². The number of hydrazine groups is 1. The van der Waals surface area contributed by atoms with E-state index in [9.17, 15) is 9.59 Å². The number of methoxy groups -OCH3 is 1. The first-order valence-corrected chi connectivity index (χ1v) is 8.01. The normalized spacial score (nSPS) is 11.3. The summed E-state index contributed by atoms with van der Waals surface area (Å²) >= 11 is 0. The van der Waals surface area contributed by atoms with Crippen molar-refractivity contribution in [3.05, 3.63) is 59.7 Å². The Morgan fingerprint density at radius 3 is 2.32 bits per heavy atom. The maximum absolute atomic E-state index is 12.3. The van der Waals surface area contributed by atoms with Crippen LogP contribution in [0.4, 0.5) is 0 Å². The van der Waals surface area contributed by atoms with E-state index in [2.05, 4.69) is 10.9 Å². The third-order valence-electron chi connectivity index (χ3n) is 3.68. The molecule has 0 aliphatic heterocycles. The minimum absolute atomic E-state index is 0.410. The number of ether oxygens (including phenoxy) is 2. The number of hydrogen-bond acceptors (Lipinski definition) is 4. The Balaban J connectivity index is 1.92. The smallest absolute Gasteiger partial charge is 0.279 e. The first kappa shape index (κ1) is 18.3. The molecule has 0 fully saturated rings. The van der Waals surface area contributed by atoms with Crippen molar-refractivity contribution < 1.29 is 19.1 Å². The van der Waals surface area contributed by atoms with Crippen molar-refractivity contribution in [2.75, 3.05) is 7.11 Å². The molecule has 25 heavy (non-hydrogen) atoms. The molecule has 1 unspecified atom stereocenters. The van der Waals surface area contributed by atoms with Crippen LogP contribution >= 0.6 is 0 Å². The molecule has 0 aliphatic carbocycles. The topological polar surface area (TPSA) is 76.7 Å². The predicted molar refractivity (Wildman–Crippen MR) is 94.5 cm³/mol. The van der Waals surface area contributed by atoms with Crippen molar-refractivity contribution in [1.29, 1.82) is 0 Å². The number of hydrogen-bond donors (Lipinski definition) is 2. The highest BCUT2D eigenvalue weighted by Crippen LogP contribution is 2.18. The highest BCUT2D eigenvalue weighted by molar-refractivity contribution is 5.95. The van der Waals surface area contributed by atoms with E-state index >= 15 is 0 Å². The van der Waals surface area contributed by atoms with Crippen molar-refractivity contribution >= 4 is 11.8 Å². The molecular weight excluding hydrogens is 320 g/mol. The van der Waals surface area contributed by atoms with Gasteiger partial charge in [-0.2, -0.15) is 0 Å². The van der Waals surface area contributed by atoms with Gasteiger partial charge in [-0.25, -0.2) is 0 Å². The fourth-order valence-corrected chi connectivity index (χ4v) is 2.18. The standard InChI is InChI=1S/C19H22N2O4/c1-4-16(25-17-8-6-5-7-13(17)2)19(23)21-20-18(22)14-9-11-15(24-3)12-10-14/h5-12,16H,4H2,1-3H3,(H,20,22)(H,21,23). The quantitative estimate of drug-likeness (QED) is 0.791. The lowest BCUT2D eigenvalue weighted by Crippen LogP contribution is -2.48. The van der Waals surface area contributed by atoms with Crippen molar-refractivity contribution in [1.82, 2.24) is 10.9 Å². The summed E-state index contributed by atoms with van der Waals surface area (Å²) in [5, 5.41) is 0. The molecule has 2 rings (SSSR count). The number of amides is 2. The van der Waals surface area contributed by atoms with Crippen LogP contribution in [0.2, 0.25) is 0 Å². The lowest BCUT2D eigenvalue weighted by molar-refractivity contribution is -0.128. The van der Waals surface area contributed by atoms with Gasteiger partial charge in [-0.1, -0.05) is 25.1 Å². The zero-order valence-electron chi connectivity index (χ0n) is 14.5. The molecule has 6 nitrogen and oxygen atoms in total. The third-order valence-corrected chi connectivity index (χ3v) is 3.68. The van der Waals surface area contributed by atoms with Crippen LogP contribution in [-0.4, -0.2) is 25.0 Å². The molecule has 0 aromatic heterocycles. The van der Waals surface area contributed by atoms with E-state index in [0.29, 0.717) is 23.5 Å². The van der Waals surface area contributed by atoms with Gasteiger partial charge in [-0.05, 0) is 49.2 Å². The van der Waals surface area contributed by atoms with E-state index in [1.54, 1.807) is 37.4 Å². The lowest BCUT2D eigenvalue weighted by Gasteiger charge is -2.18. The second-order valence-electron chi connectivity index (χ2n) is 5.45. The van der Waals surface area contributed by atoms with Crippen LogP contribution in [0.15, 0.2) is 48.5 Å². The van der Waals surface area contributed by atoms with E-state index in [0.717, 1.165) is 5.56 Å². The molecule has 0 saturated carbocycles. The van der Waals surface area contributed by atoms with E-state index in [4.69, 9.17) is 9.47 Å². The number of rotatable bonds is 6.